The molecule has 0 N–H and O–H groups in total. The minimum Gasteiger partial charge on any atom is -0.192 e. The number of rotatable bonds is 1. The van der Waals surface area contributed by atoms with Crippen LogP contribution in [0.3, 0.4) is 0 Å². The lowest BCUT2D eigenvalue weighted by Gasteiger charge is -2.12. The van der Waals surface area contributed by atoms with Crippen LogP contribution in [0.1, 0.15) is 36.5 Å². The molecule has 0 unspecified atom stereocenters. The van der Waals surface area contributed by atoms with Gasteiger partial charge in [0.15, 0.2) is 0 Å². The van der Waals surface area contributed by atoms with Gasteiger partial charge in [0.25, 0.3) is 0 Å². The smallest absolute Gasteiger partial charge is 0.192 e. The Morgan fingerprint density at radius 3 is 2.27 bits per heavy atom. The van der Waals surface area contributed by atoms with Crippen LogP contribution in [0.4, 0.5) is 13.2 Å². The minimum absolute atomic E-state index is 0.0128. The number of nitriles is 1. The third kappa shape index (κ3) is 2.50. The van der Waals surface area contributed by atoms with E-state index in [2.05, 4.69) is 0 Å². The third-order valence-electron chi connectivity index (χ3n) is 2.14. The predicted molar refractivity (Wildman–Crippen MR) is 50.2 cm³/mol. The molecule has 1 aromatic carbocycles. The molecule has 0 aliphatic carbocycles. The highest BCUT2D eigenvalue weighted by atomic mass is 19.4. The van der Waals surface area contributed by atoms with Gasteiger partial charge in [-0.3, -0.25) is 0 Å². The van der Waals surface area contributed by atoms with E-state index in [9.17, 15) is 13.2 Å². The summed E-state index contributed by atoms with van der Waals surface area (Å²) in [7, 11) is 0. The van der Waals surface area contributed by atoms with Gasteiger partial charge in [0, 0.05) is 0 Å². The molecule has 0 saturated heterocycles. The van der Waals surface area contributed by atoms with E-state index in [0.717, 1.165) is 6.07 Å². The number of halogens is 3. The Labute approximate surface area is 86.1 Å². The maximum atomic E-state index is 12.5. The molecule has 0 bridgehead atoms. The largest absolute Gasteiger partial charge is 0.417 e. The van der Waals surface area contributed by atoms with Gasteiger partial charge in [0.05, 0.1) is 17.2 Å². The Morgan fingerprint density at radius 2 is 1.87 bits per heavy atom. The standard InChI is InChI=1S/C11H10F3N/c1-7(2)8-3-4-9(6-15)10(5-8)11(12,13)14/h3-5,7H,1-2H3. The molecule has 0 aromatic heterocycles. The number of hydrogen-bond donors (Lipinski definition) is 0. The Kier molecular flexibility index (Phi) is 3.04. The molecule has 0 atom stereocenters. The molecular weight excluding hydrogens is 203 g/mol. The number of hydrogen-bond acceptors (Lipinski definition) is 1. The van der Waals surface area contributed by atoms with Crippen LogP contribution >= 0.6 is 0 Å². The van der Waals surface area contributed by atoms with Crippen molar-refractivity contribution in [2.24, 2.45) is 0 Å². The Bertz CT molecular complexity index is 399. The number of nitrogens with zero attached hydrogens (tertiary/aromatic N) is 1. The van der Waals surface area contributed by atoms with Crippen molar-refractivity contribution in [3.05, 3.63) is 34.9 Å². The average Bonchev–Trinajstić information content (AvgIpc) is 2.15. The fourth-order valence-electron chi connectivity index (χ4n) is 1.25. The highest BCUT2D eigenvalue weighted by molar-refractivity contribution is 5.42. The van der Waals surface area contributed by atoms with Crippen LogP contribution in [0.5, 0.6) is 0 Å². The molecule has 0 saturated carbocycles. The molecule has 0 amide bonds. The Hall–Kier alpha value is -1.50. The zero-order valence-electron chi connectivity index (χ0n) is 8.39. The summed E-state index contributed by atoms with van der Waals surface area (Å²) in [6, 6.07) is 5.37. The normalized spacial score (nSPS) is 11.5. The first kappa shape index (κ1) is 11.6. The van der Waals surface area contributed by atoms with Crippen molar-refractivity contribution in [1.82, 2.24) is 0 Å². The van der Waals surface area contributed by atoms with Gasteiger partial charge in [-0.25, -0.2) is 0 Å². The molecule has 4 heteroatoms. The summed E-state index contributed by atoms with van der Waals surface area (Å²) >= 11 is 0. The van der Waals surface area contributed by atoms with Gasteiger partial charge in [-0.15, -0.1) is 0 Å². The summed E-state index contributed by atoms with van der Waals surface area (Å²) in [5.41, 5.74) is -0.593. The second kappa shape index (κ2) is 3.93. The molecule has 1 nitrogen and oxygen atoms in total. The van der Waals surface area contributed by atoms with Crippen LogP contribution in [0.15, 0.2) is 18.2 Å². The highest BCUT2D eigenvalue weighted by Gasteiger charge is 2.33. The Balaban J connectivity index is 3.34. The quantitative estimate of drug-likeness (QED) is 0.697. The molecule has 1 aromatic rings. The molecule has 80 valence electrons. The molecule has 0 heterocycles. The summed E-state index contributed by atoms with van der Waals surface area (Å²) in [6.07, 6.45) is -4.46. The molecule has 0 radical (unpaired) electrons. The lowest BCUT2D eigenvalue weighted by molar-refractivity contribution is -0.137. The lowest BCUT2D eigenvalue weighted by Crippen LogP contribution is -2.08. The van der Waals surface area contributed by atoms with Gasteiger partial charge in [-0.2, -0.15) is 18.4 Å². The van der Waals surface area contributed by atoms with Crippen molar-refractivity contribution in [2.75, 3.05) is 0 Å². The third-order valence-corrected chi connectivity index (χ3v) is 2.14. The number of alkyl halides is 3. The summed E-state index contributed by atoms with van der Waals surface area (Å²) in [5.74, 6) is 0.0128. The zero-order chi connectivity index (χ0) is 11.6. The second-order valence-electron chi connectivity index (χ2n) is 3.57. The molecule has 0 aliphatic rings. The maximum Gasteiger partial charge on any atom is 0.417 e. The van der Waals surface area contributed by atoms with Crippen molar-refractivity contribution < 1.29 is 13.2 Å². The molecule has 0 spiro atoms. The van der Waals surface area contributed by atoms with Crippen LogP contribution in [0.2, 0.25) is 0 Å². The van der Waals surface area contributed by atoms with E-state index in [1.54, 1.807) is 12.1 Å². The molecular formula is C11H10F3N. The molecule has 0 aliphatic heterocycles. The van der Waals surface area contributed by atoms with Crippen molar-refractivity contribution in [3.8, 4) is 6.07 Å². The first-order valence-electron chi connectivity index (χ1n) is 4.47. The van der Waals surface area contributed by atoms with E-state index in [-0.39, 0.29) is 11.5 Å². The van der Waals surface area contributed by atoms with Crippen LogP contribution in [0.25, 0.3) is 0 Å². The summed E-state index contributed by atoms with van der Waals surface area (Å²) in [5, 5.41) is 8.56. The van der Waals surface area contributed by atoms with Crippen LogP contribution in [0, 0.1) is 11.3 Å². The SMILES string of the molecule is CC(C)c1ccc(C#N)c(C(F)(F)F)c1. The summed E-state index contributed by atoms with van der Waals surface area (Å²) in [4.78, 5) is 0. The molecule has 15 heavy (non-hydrogen) atoms. The van der Waals surface area contributed by atoms with Gasteiger partial charge in [-0.1, -0.05) is 19.9 Å². The van der Waals surface area contributed by atoms with Crippen LogP contribution in [-0.4, -0.2) is 0 Å². The minimum atomic E-state index is -4.46. The fourth-order valence-corrected chi connectivity index (χ4v) is 1.25. The number of benzene rings is 1. The van der Waals surface area contributed by atoms with Gasteiger partial charge < -0.3 is 0 Å². The molecule has 1 rings (SSSR count). The first-order chi connectivity index (χ1) is 6.86. The second-order valence-corrected chi connectivity index (χ2v) is 3.57. The van der Waals surface area contributed by atoms with Crippen LogP contribution < -0.4 is 0 Å². The van der Waals surface area contributed by atoms with Crippen LogP contribution in [-0.2, 0) is 6.18 Å². The van der Waals surface area contributed by atoms with Gasteiger partial charge >= 0.3 is 6.18 Å². The van der Waals surface area contributed by atoms with Gasteiger partial charge in [0.2, 0.25) is 0 Å². The van der Waals surface area contributed by atoms with Gasteiger partial charge in [0.1, 0.15) is 0 Å². The van der Waals surface area contributed by atoms with E-state index in [4.69, 9.17) is 5.26 Å². The highest BCUT2D eigenvalue weighted by Crippen LogP contribution is 2.33. The molecule has 0 fully saturated rings. The summed E-state index contributed by atoms with van der Waals surface area (Å²) in [6.45, 7) is 3.61. The average molecular weight is 213 g/mol. The lowest BCUT2D eigenvalue weighted by atomic mass is 9.97. The monoisotopic (exact) mass is 213 g/mol. The van der Waals surface area contributed by atoms with Gasteiger partial charge in [-0.05, 0) is 23.6 Å². The topological polar surface area (TPSA) is 23.8 Å². The zero-order valence-corrected chi connectivity index (χ0v) is 8.39. The van der Waals surface area contributed by atoms with E-state index in [1.165, 1.54) is 6.07 Å². The summed E-state index contributed by atoms with van der Waals surface area (Å²) < 4.78 is 37.6. The van der Waals surface area contributed by atoms with E-state index in [0.29, 0.717) is 5.56 Å². The van der Waals surface area contributed by atoms with Crippen molar-refractivity contribution in [1.29, 1.82) is 5.26 Å². The van der Waals surface area contributed by atoms with E-state index in [1.807, 2.05) is 13.8 Å². The van der Waals surface area contributed by atoms with Crippen molar-refractivity contribution >= 4 is 0 Å². The fraction of sp³-hybridized carbons (Fsp3) is 0.364. The van der Waals surface area contributed by atoms with E-state index < -0.39 is 11.7 Å². The first-order valence-corrected chi connectivity index (χ1v) is 4.47. The van der Waals surface area contributed by atoms with E-state index >= 15 is 0 Å². The Morgan fingerprint density at radius 1 is 1.27 bits per heavy atom. The van der Waals surface area contributed by atoms with Crippen molar-refractivity contribution in [2.45, 2.75) is 25.9 Å². The maximum absolute atomic E-state index is 12.5. The predicted octanol–water partition coefficient (Wildman–Crippen LogP) is 3.70. The van der Waals surface area contributed by atoms with Crippen molar-refractivity contribution in [3.63, 3.8) is 0 Å².